The van der Waals surface area contributed by atoms with Crippen molar-refractivity contribution in [2.24, 2.45) is 5.92 Å². The zero-order chi connectivity index (χ0) is 18.7. The summed E-state index contributed by atoms with van der Waals surface area (Å²) in [5.41, 5.74) is 2.00. The summed E-state index contributed by atoms with van der Waals surface area (Å²) in [6.07, 6.45) is 0.249. The van der Waals surface area contributed by atoms with Crippen molar-refractivity contribution in [2.45, 2.75) is 19.4 Å². The Balaban J connectivity index is 0.00000261. The van der Waals surface area contributed by atoms with E-state index in [0.29, 0.717) is 6.54 Å². The third-order valence-electron chi connectivity index (χ3n) is 4.86. The number of likely N-dealkylation sites (N-methyl/N-ethyl adjacent to an activating group) is 2. The minimum atomic E-state index is -0.357. The van der Waals surface area contributed by atoms with E-state index < -0.39 is 0 Å². The van der Waals surface area contributed by atoms with Crippen molar-refractivity contribution < 1.29 is 9.59 Å². The van der Waals surface area contributed by atoms with Crippen molar-refractivity contribution in [3.63, 3.8) is 0 Å². The van der Waals surface area contributed by atoms with Crippen molar-refractivity contribution in [1.29, 1.82) is 0 Å². The molecule has 1 aliphatic rings. The molecule has 146 valence electrons. The normalized spacial score (nSPS) is 19.1. The van der Waals surface area contributed by atoms with Crippen LogP contribution < -0.4 is 10.2 Å². The third-order valence-corrected chi connectivity index (χ3v) is 5.80. The van der Waals surface area contributed by atoms with E-state index in [4.69, 9.17) is 0 Å². The lowest BCUT2D eigenvalue weighted by Crippen LogP contribution is -2.39. The summed E-state index contributed by atoms with van der Waals surface area (Å²) in [6, 6.07) is 11.7. The van der Waals surface area contributed by atoms with Crippen LogP contribution in [0.2, 0.25) is 0 Å². The predicted molar refractivity (Wildman–Crippen MR) is 113 cm³/mol. The van der Waals surface area contributed by atoms with Crippen LogP contribution in [0.25, 0.3) is 0 Å². The highest BCUT2D eigenvalue weighted by Crippen LogP contribution is 2.43. The number of rotatable bonds is 6. The number of nitrogens with zero attached hydrogens (tertiary/aromatic N) is 2. The molecule has 1 aromatic heterocycles. The number of hydrogen-bond acceptors (Lipinski definition) is 4. The fourth-order valence-corrected chi connectivity index (χ4v) is 4.30. The summed E-state index contributed by atoms with van der Waals surface area (Å²) < 4.78 is 0. The van der Waals surface area contributed by atoms with Gasteiger partial charge in [0, 0.05) is 37.1 Å². The monoisotopic (exact) mass is 407 g/mol. The van der Waals surface area contributed by atoms with E-state index in [1.165, 1.54) is 0 Å². The number of benzene rings is 1. The Hall–Kier alpha value is -1.89. The highest BCUT2D eigenvalue weighted by atomic mass is 35.5. The average Bonchev–Trinajstić information content (AvgIpc) is 3.27. The second-order valence-corrected chi connectivity index (χ2v) is 7.71. The molecule has 0 aliphatic carbocycles. The zero-order valence-corrected chi connectivity index (χ0v) is 17.5. The SMILES string of the molecule is CNCCN(C)C(=O)C1CC(=O)N(c2ccc(C)cc2)C1c1cccs1.Cl. The van der Waals surface area contributed by atoms with Gasteiger partial charge in [-0.25, -0.2) is 0 Å². The number of halogens is 1. The number of carbonyl (C=O) groups is 2. The Morgan fingerprint density at radius 1 is 1.30 bits per heavy atom. The highest BCUT2D eigenvalue weighted by Gasteiger charge is 2.46. The Bertz CT molecular complexity index is 764. The van der Waals surface area contributed by atoms with Gasteiger partial charge >= 0.3 is 0 Å². The van der Waals surface area contributed by atoms with Crippen LogP contribution >= 0.6 is 23.7 Å². The van der Waals surface area contributed by atoms with Crippen molar-refractivity contribution in [1.82, 2.24) is 10.2 Å². The van der Waals surface area contributed by atoms with E-state index in [1.54, 1.807) is 21.1 Å². The maximum absolute atomic E-state index is 13.1. The lowest BCUT2D eigenvalue weighted by Gasteiger charge is -2.29. The van der Waals surface area contributed by atoms with Crippen molar-refractivity contribution >= 4 is 41.2 Å². The van der Waals surface area contributed by atoms with Crippen LogP contribution in [0.5, 0.6) is 0 Å². The zero-order valence-electron chi connectivity index (χ0n) is 15.8. The summed E-state index contributed by atoms with van der Waals surface area (Å²) in [7, 11) is 3.68. The minimum absolute atomic E-state index is 0. The Labute approximate surface area is 170 Å². The molecule has 1 saturated heterocycles. The van der Waals surface area contributed by atoms with Crippen LogP contribution in [-0.4, -0.2) is 43.9 Å². The number of thiophene rings is 1. The predicted octanol–water partition coefficient (Wildman–Crippen LogP) is 3.25. The first kappa shape index (κ1) is 21.4. The summed E-state index contributed by atoms with van der Waals surface area (Å²) in [5.74, 6) is -0.321. The third kappa shape index (κ3) is 4.51. The van der Waals surface area contributed by atoms with Gasteiger partial charge in [-0.2, -0.15) is 0 Å². The first-order valence-electron chi connectivity index (χ1n) is 8.84. The van der Waals surface area contributed by atoms with Gasteiger partial charge in [0.05, 0.1) is 12.0 Å². The Morgan fingerprint density at radius 3 is 2.59 bits per heavy atom. The number of carbonyl (C=O) groups excluding carboxylic acids is 2. The van der Waals surface area contributed by atoms with Crippen molar-refractivity contribution in [3.05, 3.63) is 52.2 Å². The molecule has 1 fully saturated rings. The molecule has 2 amide bonds. The second-order valence-electron chi connectivity index (χ2n) is 6.73. The first-order valence-corrected chi connectivity index (χ1v) is 9.72. The van der Waals surface area contributed by atoms with Crippen molar-refractivity contribution in [3.8, 4) is 0 Å². The van der Waals surface area contributed by atoms with Gasteiger partial charge in [-0.3, -0.25) is 9.59 Å². The summed E-state index contributed by atoms with van der Waals surface area (Å²) in [5, 5.41) is 5.06. The molecule has 2 unspecified atom stereocenters. The summed E-state index contributed by atoms with van der Waals surface area (Å²) >= 11 is 1.60. The first-order chi connectivity index (χ1) is 12.5. The molecule has 3 rings (SSSR count). The van der Waals surface area contributed by atoms with Gasteiger partial charge < -0.3 is 15.1 Å². The smallest absolute Gasteiger partial charge is 0.228 e. The highest BCUT2D eigenvalue weighted by molar-refractivity contribution is 7.10. The molecule has 2 aromatic rings. The molecular weight excluding hydrogens is 382 g/mol. The van der Waals surface area contributed by atoms with Gasteiger partial charge in [0.2, 0.25) is 11.8 Å². The van der Waals surface area contributed by atoms with Gasteiger partial charge in [0.15, 0.2) is 0 Å². The number of anilines is 1. The van der Waals surface area contributed by atoms with Crippen LogP contribution in [0.4, 0.5) is 5.69 Å². The van der Waals surface area contributed by atoms with Gasteiger partial charge in [0.25, 0.3) is 0 Å². The van der Waals surface area contributed by atoms with Gasteiger partial charge in [-0.15, -0.1) is 23.7 Å². The Kier molecular flexibility index (Phi) is 7.41. The molecule has 1 aromatic carbocycles. The summed E-state index contributed by atoms with van der Waals surface area (Å²) in [4.78, 5) is 30.5. The number of nitrogens with one attached hydrogen (secondary N) is 1. The molecule has 2 atom stereocenters. The second kappa shape index (κ2) is 9.35. The molecule has 0 bridgehead atoms. The fourth-order valence-electron chi connectivity index (χ4n) is 3.42. The number of amides is 2. The van der Waals surface area contributed by atoms with Gasteiger partial charge in [-0.05, 0) is 37.6 Å². The largest absolute Gasteiger partial charge is 0.344 e. The van der Waals surface area contributed by atoms with Crippen LogP contribution in [0.15, 0.2) is 41.8 Å². The van der Waals surface area contributed by atoms with Crippen LogP contribution in [-0.2, 0) is 9.59 Å². The van der Waals surface area contributed by atoms with Crippen LogP contribution in [0.3, 0.4) is 0 Å². The lowest BCUT2D eigenvalue weighted by molar-refractivity contribution is -0.135. The molecule has 7 heteroatoms. The molecule has 0 spiro atoms. The molecule has 0 saturated carbocycles. The Morgan fingerprint density at radius 2 is 2.00 bits per heavy atom. The molecule has 1 N–H and O–H groups in total. The van der Waals surface area contributed by atoms with Crippen LogP contribution in [0.1, 0.15) is 22.9 Å². The van der Waals surface area contributed by atoms with Gasteiger partial charge in [-0.1, -0.05) is 23.8 Å². The molecule has 0 radical (unpaired) electrons. The maximum Gasteiger partial charge on any atom is 0.228 e. The standard InChI is InChI=1S/C20H25N3O2S.ClH/c1-14-6-8-15(9-7-14)23-18(24)13-16(19(23)17-5-4-12-26-17)20(25)22(3)11-10-21-2;/h4-9,12,16,19,21H,10-11,13H2,1-3H3;1H. The number of hydrogen-bond donors (Lipinski definition) is 1. The molecule has 5 nitrogen and oxygen atoms in total. The van der Waals surface area contributed by atoms with E-state index in [1.807, 2.05) is 62.8 Å². The average molecular weight is 408 g/mol. The molecule has 27 heavy (non-hydrogen) atoms. The van der Waals surface area contributed by atoms with E-state index in [2.05, 4.69) is 5.32 Å². The maximum atomic E-state index is 13.1. The topological polar surface area (TPSA) is 52.7 Å². The lowest BCUT2D eigenvalue weighted by atomic mass is 9.97. The van der Waals surface area contributed by atoms with E-state index >= 15 is 0 Å². The van der Waals surface area contributed by atoms with Crippen LogP contribution in [0, 0.1) is 12.8 Å². The number of aryl methyl sites for hydroxylation is 1. The van der Waals surface area contributed by atoms with E-state index in [0.717, 1.165) is 22.7 Å². The van der Waals surface area contributed by atoms with Gasteiger partial charge in [0.1, 0.15) is 0 Å². The van der Waals surface area contributed by atoms with E-state index in [9.17, 15) is 9.59 Å². The fraction of sp³-hybridized carbons (Fsp3) is 0.400. The minimum Gasteiger partial charge on any atom is -0.344 e. The molecule has 1 aliphatic heterocycles. The molecule has 2 heterocycles. The molecular formula is C20H26ClN3O2S. The van der Waals surface area contributed by atoms with E-state index in [-0.39, 0.29) is 42.6 Å². The summed E-state index contributed by atoms with van der Waals surface area (Å²) in [6.45, 7) is 3.38. The van der Waals surface area contributed by atoms with Crippen molar-refractivity contribution in [2.75, 3.05) is 32.1 Å². The quantitative estimate of drug-likeness (QED) is 0.799.